The fraction of sp³-hybridized carbons (Fsp3) is 0.714. The number of hydrogen-bond donors (Lipinski definition) is 2. The number of nitrogens with one attached hydrogen (secondary N) is 2. The molecule has 0 saturated carbocycles. The SMILES string of the molecule is CC1CC(=O)SCCNC(=O)CCNC(=O)CCCOC1=O. The number of thioether (sulfide) groups is 1. The Morgan fingerprint density at radius 2 is 1.73 bits per heavy atom. The average molecular weight is 330 g/mol. The molecule has 1 unspecified atom stereocenters. The molecule has 1 aliphatic rings. The summed E-state index contributed by atoms with van der Waals surface area (Å²) in [5.74, 6) is -0.804. The van der Waals surface area contributed by atoms with Crippen molar-refractivity contribution >= 4 is 34.7 Å². The fourth-order valence-corrected chi connectivity index (χ4v) is 2.59. The smallest absolute Gasteiger partial charge is 0.309 e. The molecule has 8 heteroatoms. The minimum absolute atomic E-state index is 0.0974. The van der Waals surface area contributed by atoms with E-state index in [-0.39, 0.29) is 49.3 Å². The van der Waals surface area contributed by atoms with Gasteiger partial charge in [-0.3, -0.25) is 19.2 Å². The van der Waals surface area contributed by atoms with Crippen molar-refractivity contribution in [1.82, 2.24) is 10.6 Å². The Morgan fingerprint density at radius 3 is 2.50 bits per heavy atom. The second-order valence-corrected chi connectivity index (χ2v) is 6.20. The number of cyclic esters (lactones) is 1. The lowest BCUT2D eigenvalue weighted by Crippen LogP contribution is -2.31. The molecule has 2 N–H and O–H groups in total. The van der Waals surface area contributed by atoms with E-state index in [1.165, 1.54) is 0 Å². The second kappa shape index (κ2) is 10.2. The van der Waals surface area contributed by atoms with Gasteiger partial charge in [0.25, 0.3) is 0 Å². The van der Waals surface area contributed by atoms with Gasteiger partial charge in [-0.2, -0.15) is 0 Å². The normalized spacial score (nSPS) is 24.0. The van der Waals surface area contributed by atoms with Gasteiger partial charge in [0.05, 0.1) is 12.5 Å². The van der Waals surface area contributed by atoms with E-state index >= 15 is 0 Å². The molecule has 0 radical (unpaired) electrons. The molecule has 1 aliphatic heterocycles. The van der Waals surface area contributed by atoms with Gasteiger partial charge in [0.1, 0.15) is 0 Å². The van der Waals surface area contributed by atoms with E-state index in [1.54, 1.807) is 6.92 Å². The van der Waals surface area contributed by atoms with Gasteiger partial charge in [-0.15, -0.1) is 0 Å². The van der Waals surface area contributed by atoms with E-state index in [9.17, 15) is 19.2 Å². The molecule has 0 aromatic rings. The van der Waals surface area contributed by atoms with Crippen molar-refractivity contribution in [2.75, 3.05) is 25.4 Å². The van der Waals surface area contributed by atoms with Crippen molar-refractivity contribution in [3.63, 3.8) is 0 Å². The number of amides is 2. The lowest BCUT2D eigenvalue weighted by atomic mass is 10.1. The van der Waals surface area contributed by atoms with Crippen molar-refractivity contribution in [3.8, 4) is 0 Å². The van der Waals surface area contributed by atoms with E-state index in [0.717, 1.165) is 11.8 Å². The van der Waals surface area contributed by atoms with Gasteiger partial charge in [0.2, 0.25) is 11.8 Å². The molecule has 7 nitrogen and oxygen atoms in total. The second-order valence-electron chi connectivity index (χ2n) is 5.05. The fourth-order valence-electron chi connectivity index (χ4n) is 1.79. The van der Waals surface area contributed by atoms with Crippen LogP contribution in [0.3, 0.4) is 0 Å². The number of hydrogen-bond acceptors (Lipinski definition) is 6. The van der Waals surface area contributed by atoms with Crippen LogP contribution in [0.2, 0.25) is 0 Å². The van der Waals surface area contributed by atoms with Crippen LogP contribution in [0.5, 0.6) is 0 Å². The van der Waals surface area contributed by atoms with E-state index in [1.807, 2.05) is 0 Å². The minimum atomic E-state index is -0.501. The van der Waals surface area contributed by atoms with Crippen LogP contribution in [0, 0.1) is 5.92 Å². The van der Waals surface area contributed by atoms with Crippen LogP contribution in [-0.2, 0) is 23.9 Å². The molecule has 1 rings (SSSR count). The molecule has 0 aromatic carbocycles. The van der Waals surface area contributed by atoms with E-state index in [0.29, 0.717) is 18.7 Å². The van der Waals surface area contributed by atoms with Crippen molar-refractivity contribution in [2.45, 2.75) is 32.6 Å². The number of rotatable bonds is 0. The molecule has 0 aliphatic carbocycles. The molecule has 22 heavy (non-hydrogen) atoms. The third-order valence-electron chi connectivity index (χ3n) is 3.03. The zero-order chi connectivity index (χ0) is 16.4. The zero-order valence-corrected chi connectivity index (χ0v) is 13.5. The molecular weight excluding hydrogens is 308 g/mol. The topological polar surface area (TPSA) is 102 Å². The highest BCUT2D eigenvalue weighted by atomic mass is 32.2. The first-order valence-corrected chi connectivity index (χ1v) is 8.33. The average Bonchev–Trinajstić information content (AvgIpc) is 2.47. The summed E-state index contributed by atoms with van der Waals surface area (Å²) in [6.07, 6.45) is 0.964. The molecule has 124 valence electrons. The van der Waals surface area contributed by atoms with Crippen molar-refractivity contribution in [3.05, 3.63) is 0 Å². The summed E-state index contributed by atoms with van der Waals surface area (Å²) in [5.41, 5.74) is 0. The van der Waals surface area contributed by atoms with Gasteiger partial charge in [0, 0.05) is 38.1 Å². The van der Waals surface area contributed by atoms with Crippen LogP contribution in [0.15, 0.2) is 0 Å². The standard InChI is InChI=1S/C14H22N2O5S/c1-10-9-13(19)22-8-6-16-12(18)4-5-15-11(17)3-2-7-21-14(10)20/h10H,2-9H2,1H3,(H,15,17)(H,16,18). The minimum Gasteiger partial charge on any atom is -0.465 e. The first kappa shape index (κ1) is 18.5. The number of carbonyl (C=O) groups excluding carboxylic acids is 4. The maximum atomic E-state index is 11.7. The molecular formula is C14H22N2O5S. The molecule has 0 spiro atoms. The monoisotopic (exact) mass is 330 g/mol. The first-order valence-electron chi connectivity index (χ1n) is 7.34. The number of carbonyl (C=O) groups is 4. The zero-order valence-electron chi connectivity index (χ0n) is 12.7. The van der Waals surface area contributed by atoms with Crippen LogP contribution in [0.1, 0.15) is 32.6 Å². The molecule has 1 fully saturated rings. The summed E-state index contributed by atoms with van der Waals surface area (Å²) in [7, 11) is 0. The summed E-state index contributed by atoms with van der Waals surface area (Å²) in [6.45, 7) is 2.44. The van der Waals surface area contributed by atoms with Crippen LogP contribution < -0.4 is 10.6 Å². The summed E-state index contributed by atoms with van der Waals surface area (Å²) in [6, 6.07) is 0. The van der Waals surface area contributed by atoms with Crippen LogP contribution in [0.4, 0.5) is 0 Å². The summed E-state index contributed by atoms with van der Waals surface area (Å²) in [5, 5.41) is 5.21. The molecule has 0 bridgehead atoms. The summed E-state index contributed by atoms with van der Waals surface area (Å²) < 4.78 is 5.05. The Labute approximate surface area is 133 Å². The van der Waals surface area contributed by atoms with E-state index < -0.39 is 11.9 Å². The molecule has 0 aromatic heterocycles. The van der Waals surface area contributed by atoms with E-state index in [2.05, 4.69) is 10.6 Å². The maximum absolute atomic E-state index is 11.7. The highest BCUT2D eigenvalue weighted by Gasteiger charge is 2.19. The molecule has 2 amide bonds. The lowest BCUT2D eigenvalue weighted by molar-refractivity contribution is -0.149. The van der Waals surface area contributed by atoms with Crippen LogP contribution in [-0.4, -0.2) is 48.3 Å². The number of esters is 1. The maximum Gasteiger partial charge on any atom is 0.309 e. The Bertz CT molecular complexity index is 427. The quantitative estimate of drug-likeness (QED) is 0.617. The van der Waals surface area contributed by atoms with Gasteiger partial charge in [-0.05, 0) is 6.42 Å². The van der Waals surface area contributed by atoms with Crippen LogP contribution in [0.25, 0.3) is 0 Å². The Kier molecular flexibility index (Phi) is 8.57. The predicted octanol–water partition coefficient (Wildman–Crippen LogP) is 0.232. The first-order chi connectivity index (χ1) is 10.5. The van der Waals surface area contributed by atoms with Crippen molar-refractivity contribution < 1.29 is 23.9 Å². The third kappa shape index (κ3) is 8.02. The summed E-state index contributed by atoms with van der Waals surface area (Å²) in [4.78, 5) is 46.4. The van der Waals surface area contributed by atoms with Crippen molar-refractivity contribution in [1.29, 1.82) is 0 Å². The summed E-state index contributed by atoms with van der Waals surface area (Å²) >= 11 is 1.09. The van der Waals surface area contributed by atoms with Gasteiger partial charge in [-0.1, -0.05) is 18.7 Å². The van der Waals surface area contributed by atoms with Gasteiger partial charge in [0.15, 0.2) is 5.12 Å². The molecule has 1 atom stereocenters. The lowest BCUT2D eigenvalue weighted by Gasteiger charge is -2.10. The predicted molar refractivity (Wildman–Crippen MR) is 82.1 cm³/mol. The molecule has 1 saturated heterocycles. The molecule has 1 heterocycles. The Hall–Kier alpha value is -1.57. The Morgan fingerprint density at radius 1 is 1.05 bits per heavy atom. The third-order valence-corrected chi connectivity index (χ3v) is 3.93. The Balaban J connectivity index is 2.49. The van der Waals surface area contributed by atoms with Gasteiger partial charge in [-0.25, -0.2) is 0 Å². The van der Waals surface area contributed by atoms with Gasteiger partial charge < -0.3 is 15.4 Å². The van der Waals surface area contributed by atoms with Gasteiger partial charge >= 0.3 is 5.97 Å². The highest BCUT2D eigenvalue weighted by Crippen LogP contribution is 2.13. The van der Waals surface area contributed by atoms with E-state index in [4.69, 9.17) is 4.74 Å². The largest absolute Gasteiger partial charge is 0.465 e. The number of ether oxygens (including phenoxy) is 1. The highest BCUT2D eigenvalue weighted by molar-refractivity contribution is 8.13. The van der Waals surface area contributed by atoms with Crippen molar-refractivity contribution in [2.24, 2.45) is 5.92 Å². The van der Waals surface area contributed by atoms with Crippen LogP contribution >= 0.6 is 11.8 Å².